The molecule has 0 aromatic rings. The number of thioether (sulfide) groups is 1. The van der Waals surface area contributed by atoms with Crippen molar-refractivity contribution in [2.45, 2.75) is 50.3 Å². The third-order valence-corrected chi connectivity index (χ3v) is 4.74. The van der Waals surface area contributed by atoms with Crippen LogP contribution in [-0.2, 0) is 9.53 Å². The van der Waals surface area contributed by atoms with Gasteiger partial charge in [0.15, 0.2) is 0 Å². The molecule has 17 heavy (non-hydrogen) atoms. The largest absolute Gasteiger partial charge is 0.480 e. The smallest absolute Gasteiger partial charge is 0.320 e. The Bertz CT molecular complexity index is 273. The Kier molecular flexibility index (Phi) is 4.33. The van der Waals surface area contributed by atoms with Crippen molar-refractivity contribution in [2.75, 3.05) is 18.1 Å². The highest BCUT2D eigenvalue weighted by Crippen LogP contribution is 2.37. The third kappa shape index (κ3) is 3.36. The first-order chi connectivity index (χ1) is 8.11. The number of carbonyl (C=O) groups is 1. The minimum absolute atomic E-state index is 0.0272. The van der Waals surface area contributed by atoms with Crippen LogP contribution < -0.4 is 5.32 Å². The van der Waals surface area contributed by atoms with Gasteiger partial charge in [-0.25, -0.2) is 0 Å². The summed E-state index contributed by atoms with van der Waals surface area (Å²) in [6, 6.07) is -0.175. The molecule has 2 heterocycles. The Balaban J connectivity index is 1.90. The van der Waals surface area contributed by atoms with Gasteiger partial charge in [-0.05, 0) is 44.1 Å². The summed E-state index contributed by atoms with van der Waals surface area (Å²) in [5.41, 5.74) is 0.0272. The molecular formula is C12H21NO3S. The maximum Gasteiger partial charge on any atom is 0.320 e. The second kappa shape index (κ2) is 5.59. The van der Waals surface area contributed by atoms with Gasteiger partial charge in [-0.3, -0.25) is 4.79 Å². The fraction of sp³-hybridized carbons (Fsp3) is 0.917. The van der Waals surface area contributed by atoms with Gasteiger partial charge in [-0.15, -0.1) is 0 Å². The van der Waals surface area contributed by atoms with Crippen molar-refractivity contribution in [3.8, 4) is 0 Å². The minimum Gasteiger partial charge on any atom is -0.480 e. The molecule has 0 radical (unpaired) electrons. The molecule has 0 bridgehead atoms. The second-order valence-electron chi connectivity index (χ2n) is 5.06. The SMILES string of the molecule is CC(NC1CCOC2(CCSCC2)C1)C(=O)O. The average Bonchev–Trinajstić information content (AvgIpc) is 2.30. The van der Waals surface area contributed by atoms with E-state index in [1.54, 1.807) is 6.92 Å². The van der Waals surface area contributed by atoms with Gasteiger partial charge in [-0.2, -0.15) is 11.8 Å². The first-order valence-corrected chi connectivity index (χ1v) is 7.47. The van der Waals surface area contributed by atoms with E-state index in [2.05, 4.69) is 5.32 Å². The van der Waals surface area contributed by atoms with E-state index in [0.29, 0.717) is 0 Å². The maximum atomic E-state index is 10.8. The lowest BCUT2D eigenvalue weighted by Gasteiger charge is -2.43. The van der Waals surface area contributed by atoms with Crippen LogP contribution in [0.4, 0.5) is 0 Å². The fourth-order valence-corrected chi connectivity index (χ4v) is 3.92. The zero-order valence-corrected chi connectivity index (χ0v) is 11.1. The first-order valence-electron chi connectivity index (χ1n) is 6.32. The number of hydrogen-bond acceptors (Lipinski definition) is 4. The van der Waals surface area contributed by atoms with E-state index in [0.717, 1.165) is 32.3 Å². The van der Waals surface area contributed by atoms with Crippen LogP contribution in [0.2, 0.25) is 0 Å². The predicted octanol–water partition coefficient (Wildman–Crippen LogP) is 1.49. The van der Waals surface area contributed by atoms with Crippen molar-refractivity contribution in [3.63, 3.8) is 0 Å². The number of nitrogens with one attached hydrogen (secondary N) is 1. The molecule has 0 saturated carbocycles. The number of hydrogen-bond donors (Lipinski definition) is 2. The number of carboxylic acids is 1. The summed E-state index contributed by atoms with van der Waals surface area (Å²) in [7, 11) is 0. The monoisotopic (exact) mass is 259 g/mol. The van der Waals surface area contributed by atoms with Crippen LogP contribution >= 0.6 is 11.8 Å². The fourth-order valence-electron chi connectivity index (χ4n) is 2.69. The van der Waals surface area contributed by atoms with E-state index in [4.69, 9.17) is 9.84 Å². The first kappa shape index (κ1) is 13.2. The molecule has 2 unspecified atom stereocenters. The molecule has 2 atom stereocenters. The van der Waals surface area contributed by atoms with Crippen LogP contribution in [-0.4, -0.2) is 46.9 Å². The molecule has 0 aromatic heterocycles. The molecule has 2 N–H and O–H groups in total. The van der Waals surface area contributed by atoms with Crippen molar-refractivity contribution in [3.05, 3.63) is 0 Å². The molecule has 98 valence electrons. The molecule has 1 spiro atoms. The highest BCUT2D eigenvalue weighted by atomic mass is 32.2. The third-order valence-electron chi connectivity index (χ3n) is 3.75. The summed E-state index contributed by atoms with van der Waals surface area (Å²) in [6.07, 6.45) is 4.10. The van der Waals surface area contributed by atoms with Crippen LogP contribution in [0.1, 0.15) is 32.6 Å². The lowest BCUT2D eigenvalue weighted by Crippen LogP contribution is -2.52. The summed E-state index contributed by atoms with van der Waals surface area (Å²) in [5.74, 6) is 1.56. The molecule has 0 aliphatic carbocycles. The molecule has 0 aromatic carbocycles. The highest BCUT2D eigenvalue weighted by Gasteiger charge is 2.39. The Morgan fingerprint density at radius 3 is 2.88 bits per heavy atom. The molecule has 2 rings (SSSR count). The van der Waals surface area contributed by atoms with Gasteiger partial charge in [-0.1, -0.05) is 0 Å². The predicted molar refractivity (Wildman–Crippen MR) is 68.5 cm³/mol. The molecule has 2 fully saturated rings. The van der Waals surface area contributed by atoms with Crippen molar-refractivity contribution in [1.29, 1.82) is 0 Å². The summed E-state index contributed by atoms with van der Waals surface area (Å²) >= 11 is 1.99. The van der Waals surface area contributed by atoms with Gasteiger partial charge in [0.1, 0.15) is 6.04 Å². The molecule has 2 aliphatic heterocycles. The summed E-state index contributed by atoms with van der Waals surface area (Å²) in [4.78, 5) is 10.8. The van der Waals surface area contributed by atoms with Gasteiger partial charge >= 0.3 is 5.97 Å². The van der Waals surface area contributed by atoms with Crippen LogP contribution in [0, 0.1) is 0 Å². The van der Waals surface area contributed by atoms with E-state index in [-0.39, 0.29) is 11.6 Å². The Morgan fingerprint density at radius 1 is 1.53 bits per heavy atom. The van der Waals surface area contributed by atoms with Gasteiger partial charge in [0.25, 0.3) is 0 Å². The second-order valence-corrected chi connectivity index (χ2v) is 6.28. The minimum atomic E-state index is -0.773. The van der Waals surface area contributed by atoms with E-state index >= 15 is 0 Å². The van der Waals surface area contributed by atoms with E-state index < -0.39 is 12.0 Å². The Labute approximate surface area is 106 Å². The lowest BCUT2D eigenvalue weighted by atomic mass is 9.85. The van der Waals surface area contributed by atoms with E-state index in [1.807, 2.05) is 11.8 Å². The standard InChI is InChI=1S/C12H21NO3S/c1-9(11(14)15)13-10-2-5-16-12(8-10)3-6-17-7-4-12/h9-10,13H,2-8H2,1H3,(H,14,15). The average molecular weight is 259 g/mol. The van der Waals surface area contributed by atoms with Crippen molar-refractivity contribution < 1.29 is 14.6 Å². The van der Waals surface area contributed by atoms with Crippen LogP contribution in [0.25, 0.3) is 0 Å². The Morgan fingerprint density at radius 2 is 2.24 bits per heavy atom. The molecule has 0 amide bonds. The zero-order valence-electron chi connectivity index (χ0n) is 10.3. The topological polar surface area (TPSA) is 58.6 Å². The number of carboxylic acid groups (broad SMARTS) is 1. The van der Waals surface area contributed by atoms with Gasteiger partial charge in [0, 0.05) is 12.6 Å². The van der Waals surface area contributed by atoms with Gasteiger partial charge < -0.3 is 15.2 Å². The number of aliphatic carboxylic acids is 1. The number of rotatable bonds is 3. The quantitative estimate of drug-likeness (QED) is 0.804. The Hall–Kier alpha value is -0.260. The van der Waals surface area contributed by atoms with Gasteiger partial charge in [0.05, 0.1) is 5.60 Å². The van der Waals surface area contributed by atoms with E-state index in [1.165, 1.54) is 11.5 Å². The lowest BCUT2D eigenvalue weighted by molar-refractivity contribution is -0.140. The summed E-state index contributed by atoms with van der Waals surface area (Å²) in [5, 5.41) is 12.1. The molecular weight excluding hydrogens is 238 g/mol. The van der Waals surface area contributed by atoms with Gasteiger partial charge in [0.2, 0.25) is 0 Å². The molecule has 2 saturated heterocycles. The van der Waals surface area contributed by atoms with E-state index in [9.17, 15) is 4.79 Å². The summed E-state index contributed by atoms with van der Waals surface area (Å²) < 4.78 is 5.98. The van der Waals surface area contributed by atoms with Crippen LogP contribution in [0.15, 0.2) is 0 Å². The normalized spacial score (nSPS) is 30.1. The molecule has 4 nitrogen and oxygen atoms in total. The highest BCUT2D eigenvalue weighted by molar-refractivity contribution is 7.99. The zero-order chi connectivity index (χ0) is 12.3. The van der Waals surface area contributed by atoms with Crippen molar-refractivity contribution >= 4 is 17.7 Å². The molecule has 5 heteroatoms. The van der Waals surface area contributed by atoms with Crippen LogP contribution in [0.3, 0.4) is 0 Å². The summed E-state index contributed by atoms with van der Waals surface area (Å²) in [6.45, 7) is 2.47. The van der Waals surface area contributed by atoms with Crippen molar-refractivity contribution in [2.24, 2.45) is 0 Å². The van der Waals surface area contributed by atoms with Crippen LogP contribution in [0.5, 0.6) is 0 Å². The number of ether oxygens (including phenoxy) is 1. The molecule has 2 aliphatic rings. The van der Waals surface area contributed by atoms with Crippen molar-refractivity contribution in [1.82, 2.24) is 5.32 Å². The maximum absolute atomic E-state index is 10.8.